The first kappa shape index (κ1) is 21.2. The number of aliphatic imine (C=N–C) groups is 1. The molecule has 0 aliphatic rings. The standard InChI is InChI=1S/C18H27N3OS.HI/c1-4-19-18(20-11-7-8-12-23-3)21(2)14-16-13-15-9-5-6-10-17(15)22-16;/h5-6,9-10,13H,4,7-8,11-12,14H2,1-3H3,(H,19,20);1H. The quantitative estimate of drug-likeness (QED) is 0.270. The van der Waals surface area contributed by atoms with Gasteiger partial charge < -0.3 is 14.6 Å². The fraction of sp³-hybridized carbons (Fsp3) is 0.500. The molecule has 0 spiro atoms. The molecule has 0 amide bonds. The number of unbranched alkanes of at least 4 members (excludes halogenated alkanes) is 1. The van der Waals surface area contributed by atoms with E-state index in [1.54, 1.807) is 0 Å². The van der Waals surface area contributed by atoms with E-state index in [1.165, 1.54) is 12.2 Å². The smallest absolute Gasteiger partial charge is 0.194 e. The number of hydrogen-bond acceptors (Lipinski definition) is 3. The third-order valence-corrected chi connectivity index (χ3v) is 4.28. The highest BCUT2D eigenvalue weighted by Gasteiger charge is 2.10. The predicted molar refractivity (Wildman–Crippen MR) is 117 cm³/mol. The fourth-order valence-electron chi connectivity index (χ4n) is 2.44. The van der Waals surface area contributed by atoms with Crippen LogP contribution >= 0.6 is 35.7 Å². The molecule has 2 rings (SSSR count). The summed E-state index contributed by atoms with van der Waals surface area (Å²) in [4.78, 5) is 6.84. The van der Waals surface area contributed by atoms with Crippen molar-refractivity contribution in [1.82, 2.24) is 10.2 Å². The Bertz CT molecular complexity index is 597. The molecule has 2 aromatic rings. The van der Waals surface area contributed by atoms with E-state index in [1.807, 2.05) is 30.0 Å². The number of furan rings is 1. The Hall–Kier alpha value is -0.890. The van der Waals surface area contributed by atoms with Crippen LogP contribution in [0.1, 0.15) is 25.5 Å². The van der Waals surface area contributed by atoms with Crippen molar-refractivity contribution < 1.29 is 4.42 Å². The summed E-state index contributed by atoms with van der Waals surface area (Å²) in [6, 6.07) is 10.2. The largest absolute Gasteiger partial charge is 0.459 e. The molecule has 0 bridgehead atoms. The van der Waals surface area contributed by atoms with E-state index in [0.717, 1.165) is 42.2 Å². The second kappa shape index (κ2) is 11.6. The van der Waals surface area contributed by atoms with Crippen molar-refractivity contribution in [2.75, 3.05) is 32.1 Å². The zero-order valence-corrected chi connectivity index (χ0v) is 17.9. The minimum Gasteiger partial charge on any atom is -0.459 e. The van der Waals surface area contributed by atoms with Crippen LogP contribution in [0.4, 0.5) is 0 Å². The Balaban J connectivity index is 0.00000288. The lowest BCUT2D eigenvalue weighted by molar-refractivity contribution is 0.412. The van der Waals surface area contributed by atoms with Crippen LogP contribution in [0.25, 0.3) is 11.0 Å². The third kappa shape index (κ3) is 6.55. The molecule has 0 saturated heterocycles. The summed E-state index contributed by atoms with van der Waals surface area (Å²) in [7, 11) is 2.05. The monoisotopic (exact) mass is 461 g/mol. The Labute approximate surface area is 166 Å². The number of rotatable bonds is 8. The summed E-state index contributed by atoms with van der Waals surface area (Å²) in [6.07, 6.45) is 4.50. The van der Waals surface area contributed by atoms with Gasteiger partial charge in [0.25, 0.3) is 0 Å². The second-order valence-corrected chi connectivity index (χ2v) is 6.53. The maximum Gasteiger partial charge on any atom is 0.194 e. The highest BCUT2D eigenvalue weighted by atomic mass is 127. The number of hydrogen-bond donors (Lipinski definition) is 1. The Morgan fingerprint density at radius 3 is 2.79 bits per heavy atom. The van der Waals surface area contributed by atoms with Crippen molar-refractivity contribution in [1.29, 1.82) is 0 Å². The van der Waals surface area contributed by atoms with Crippen LogP contribution in [-0.4, -0.2) is 43.0 Å². The number of para-hydroxylation sites is 1. The van der Waals surface area contributed by atoms with E-state index in [2.05, 4.69) is 42.6 Å². The summed E-state index contributed by atoms with van der Waals surface area (Å²) in [5.74, 6) is 3.11. The number of thioether (sulfide) groups is 1. The van der Waals surface area contributed by atoms with Crippen molar-refractivity contribution in [2.24, 2.45) is 4.99 Å². The molecule has 134 valence electrons. The number of guanidine groups is 1. The van der Waals surface area contributed by atoms with Crippen LogP contribution in [0.15, 0.2) is 39.7 Å². The van der Waals surface area contributed by atoms with Gasteiger partial charge in [0.05, 0.1) is 6.54 Å². The summed E-state index contributed by atoms with van der Waals surface area (Å²) < 4.78 is 5.90. The molecular formula is C18H28IN3OS. The summed E-state index contributed by atoms with van der Waals surface area (Å²) >= 11 is 1.89. The summed E-state index contributed by atoms with van der Waals surface area (Å²) in [5.41, 5.74) is 0.940. The highest BCUT2D eigenvalue weighted by molar-refractivity contribution is 14.0. The zero-order chi connectivity index (χ0) is 16.5. The molecule has 4 nitrogen and oxygen atoms in total. The van der Waals surface area contributed by atoms with Gasteiger partial charge >= 0.3 is 0 Å². The molecule has 6 heteroatoms. The van der Waals surface area contributed by atoms with Gasteiger partial charge in [-0.2, -0.15) is 11.8 Å². The summed E-state index contributed by atoms with van der Waals surface area (Å²) in [6.45, 7) is 4.55. The second-order valence-electron chi connectivity index (χ2n) is 5.54. The molecule has 24 heavy (non-hydrogen) atoms. The molecule has 0 aliphatic heterocycles. The number of fused-ring (bicyclic) bond motifs is 1. The van der Waals surface area contributed by atoms with Crippen molar-refractivity contribution in [3.05, 3.63) is 36.1 Å². The lowest BCUT2D eigenvalue weighted by atomic mass is 10.2. The minimum atomic E-state index is 0. The van der Waals surface area contributed by atoms with E-state index in [4.69, 9.17) is 9.41 Å². The Morgan fingerprint density at radius 1 is 1.29 bits per heavy atom. The number of halogens is 1. The van der Waals surface area contributed by atoms with Crippen LogP contribution < -0.4 is 5.32 Å². The first-order valence-corrected chi connectivity index (χ1v) is 9.59. The number of benzene rings is 1. The molecule has 1 N–H and O–H groups in total. The van der Waals surface area contributed by atoms with Crippen molar-refractivity contribution >= 4 is 52.7 Å². The highest BCUT2D eigenvalue weighted by Crippen LogP contribution is 2.19. The van der Waals surface area contributed by atoms with Gasteiger partial charge in [0.2, 0.25) is 0 Å². The number of nitrogens with zero attached hydrogens (tertiary/aromatic N) is 2. The molecule has 0 radical (unpaired) electrons. The van der Waals surface area contributed by atoms with Crippen molar-refractivity contribution in [3.63, 3.8) is 0 Å². The lowest BCUT2D eigenvalue weighted by Crippen LogP contribution is -2.38. The van der Waals surface area contributed by atoms with Crippen molar-refractivity contribution in [2.45, 2.75) is 26.3 Å². The first-order valence-electron chi connectivity index (χ1n) is 8.20. The molecular weight excluding hydrogens is 433 g/mol. The van der Waals surface area contributed by atoms with Gasteiger partial charge in [0.15, 0.2) is 5.96 Å². The average molecular weight is 461 g/mol. The molecule has 0 saturated carbocycles. The maximum absolute atomic E-state index is 5.90. The first-order chi connectivity index (χ1) is 11.2. The van der Waals surface area contributed by atoms with E-state index in [-0.39, 0.29) is 24.0 Å². The van der Waals surface area contributed by atoms with Gasteiger partial charge in [0.1, 0.15) is 11.3 Å². The normalized spacial score (nSPS) is 11.4. The Kier molecular flexibility index (Phi) is 10.2. The molecule has 0 unspecified atom stereocenters. The topological polar surface area (TPSA) is 40.8 Å². The molecule has 0 aliphatic carbocycles. The predicted octanol–water partition coefficient (Wildman–Crippen LogP) is 4.59. The van der Waals surface area contributed by atoms with Gasteiger partial charge in [-0.25, -0.2) is 0 Å². The SMILES string of the molecule is CCNC(=NCCCCSC)N(C)Cc1cc2ccccc2o1.I. The van der Waals surface area contributed by atoms with Gasteiger partial charge in [-0.15, -0.1) is 24.0 Å². The van der Waals surface area contributed by atoms with Gasteiger partial charge in [-0.1, -0.05) is 18.2 Å². The molecule has 1 aromatic heterocycles. The fourth-order valence-corrected chi connectivity index (χ4v) is 2.93. The van der Waals surface area contributed by atoms with E-state index >= 15 is 0 Å². The van der Waals surface area contributed by atoms with Gasteiger partial charge in [0, 0.05) is 25.5 Å². The van der Waals surface area contributed by atoms with E-state index < -0.39 is 0 Å². The minimum absolute atomic E-state index is 0. The van der Waals surface area contributed by atoms with E-state index in [9.17, 15) is 0 Å². The van der Waals surface area contributed by atoms with Gasteiger partial charge in [-0.3, -0.25) is 4.99 Å². The van der Waals surface area contributed by atoms with Gasteiger partial charge in [-0.05, 0) is 43.9 Å². The lowest BCUT2D eigenvalue weighted by Gasteiger charge is -2.21. The average Bonchev–Trinajstić information content (AvgIpc) is 2.95. The van der Waals surface area contributed by atoms with Crippen LogP contribution in [-0.2, 0) is 6.54 Å². The zero-order valence-electron chi connectivity index (χ0n) is 14.7. The molecule has 0 fully saturated rings. The molecule has 1 heterocycles. The summed E-state index contributed by atoms with van der Waals surface area (Å²) in [5, 5.41) is 4.50. The third-order valence-electron chi connectivity index (χ3n) is 3.58. The molecule has 0 atom stereocenters. The maximum atomic E-state index is 5.90. The number of nitrogens with one attached hydrogen (secondary N) is 1. The van der Waals surface area contributed by atoms with Crippen LogP contribution in [0.2, 0.25) is 0 Å². The van der Waals surface area contributed by atoms with Crippen molar-refractivity contribution in [3.8, 4) is 0 Å². The Morgan fingerprint density at radius 2 is 2.08 bits per heavy atom. The molecule has 1 aromatic carbocycles. The van der Waals surface area contributed by atoms with Crippen LogP contribution in [0, 0.1) is 0 Å². The van der Waals surface area contributed by atoms with E-state index in [0.29, 0.717) is 6.54 Å². The van der Waals surface area contributed by atoms with Crippen LogP contribution in [0.3, 0.4) is 0 Å². The van der Waals surface area contributed by atoms with Crippen LogP contribution in [0.5, 0.6) is 0 Å².